The lowest BCUT2D eigenvalue weighted by atomic mass is 10.2. The average Bonchev–Trinajstić information content (AvgIpc) is 2.75. The summed E-state index contributed by atoms with van der Waals surface area (Å²) in [6, 6.07) is 19.7. The van der Waals surface area contributed by atoms with Crippen LogP contribution in [-0.4, -0.2) is 27.5 Å². The summed E-state index contributed by atoms with van der Waals surface area (Å²) >= 11 is 5.97. The summed E-state index contributed by atoms with van der Waals surface area (Å²) in [6.07, 6.45) is 0. The van der Waals surface area contributed by atoms with Crippen LogP contribution >= 0.6 is 11.6 Å². The van der Waals surface area contributed by atoms with Crippen molar-refractivity contribution in [1.29, 1.82) is 0 Å². The molecule has 162 valence electrons. The number of anilines is 2. The smallest absolute Gasteiger partial charge is 0.264 e. The molecule has 0 heterocycles. The summed E-state index contributed by atoms with van der Waals surface area (Å²) < 4.78 is 33.2. The van der Waals surface area contributed by atoms with Gasteiger partial charge in [-0.1, -0.05) is 29.8 Å². The van der Waals surface area contributed by atoms with Crippen molar-refractivity contribution < 1.29 is 17.9 Å². The van der Waals surface area contributed by atoms with Crippen molar-refractivity contribution in [2.75, 3.05) is 22.8 Å². The van der Waals surface area contributed by atoms with E-state index in [1.165, 1.54) is 12.1 Å². The van der Waals surface area contributed by atoms with E-state index in [-0.39, 0.29) is 4.90 Å². The second-order valence-corrected chi connectivity index (χ2v) is 9.06. The van der Waals surface area contributed by atoms with E-state index in [9.17, 15) is 13.2 Å². The maximum atomic E-state index is 13.3. The first-order valence-electron chi connectivity index (χ1n) is 9.68. The van der Waals surface area contributed by atoms with Crippen molar-refractivity contribution in [3.8, 4) is 5.75 Å². The highest BCUT2D eigenvalue weighted by atomic mass is 35.5. The van der Waals surface area contributed by atoms with Gasteiger partial charge in [-0.3, -0.25) is 9.10 Å². The van der Waals surface area contributed by atoms with Gasteiger partial charge in [0.25, 0.3) is 10.0 Å². The third kappa shape index (κ3) is 5.57. The Balaban J connectivity index is 1.92. The van der Waals surface area contributed by atoms with Crippen LogP contribution in [0.15, 0.2) is 77.7 Å². The first-order chi connectivity index (χ1) is 14.8. The molecular weight excluding hydrogens is 436 g/mol. The van der Waals surface area contributed by atoms with Gasteiger partial charge in [-0.05, 0) is 74.0 Å². The molecule has 0 saturated carbocycles. The van der Waals surface area contributed by atoms with Crippen molar-refractivity contribution in [1.82, 2.24) is 0 Å². The molecule has 1 amide bonds. The summed E-state index contributed by atoms with van der Waals surface area (Å²) in [6.45, 7) is 3.77. The Bertz CT molecular complexity index is 1150. The van der Waals surface area contributed by atoms with Crippen molar-refractivity contribution in [3.63, 3.8) is 0 Å². The third-order valence-corrected chi connectivity index (χ3v) is 6.54. The molecule has 0 unspecified atom stereocenters. The largest absolute Gasteiger partial charge is 0.494 e. The van der Waals surface area contributed by atoms with Gasteiger partial charge >= 0.3 is 0 Å². The van der Waals surface area contributed by atoms with Crippen molar-refractivity contribution in [2.24, 2.45) is 0 Å². The zero-order chi connectivity index (χ0) is 22.4. The van der Waals surface area contributed by atoms with Crippen molar-refractivity contribution >= 4 is 38.9 Å². The molecule has 6 nitrogen and oxygen atoms in total. The molecule has 0 atom stereocenters. The van der Waals surface area contributed by atoms with E-state index in [0.29, 0.717) is 28.8 Å². The molecule has 8 heteroatoms. The van der Waals surface area contributed by atoms with E-state index in [1.807, 2.05) is 13.8 Å². The minimum Gasteiger partial charge on any atom is -0.494 e. The molecule has 0 aliphatic heterocycles. The Hall–Kier alpha value is -3.03. The topological polar surface area (TPSA) is 75.7 Å². The molecule has 0 bridgehead atoms. The first kappa shape index (κ1) is 22.7. The van der Waals surface area contributed by atoms with E-state index in [4.69, 9.17) is 16.3 Å². The number of rotatable bonds is 8. The normalized spacial score (nSPS) is 11.1. The fraction of sp³-hybridized carbons (Fsp3) is 0.174. The summed E-state index contributed by atoms with van der Waals surface area (Å²) in [4.78, 5) is 12.9. The minimum atomic E-state index is -3.97. The molecule has 0 aliphatic carbocycles. The van der Waals surface area contributed by atoms with Gasteiger partial charge in [-0.25, -0.2) is 8.42 Å². The Kier molecular flexibility index (Phi) is 7.20. The molecular formula is C23H23ClN2O4S. The van der Waals surface area contributed by atoms with Crippen LogP contribution in [0.4, 0.5) is 11.4 Å². The number of nitrogens with zero attached hydrogens (tertiary/aromatic N) is 1. The second-order valence-electron chi connectivity index (χ2n) is 6.76. The highest BCUT2D eigenvalue weighted by molar-refractivity contribution is 7.92. The maximum absolute atomic E-state index is 13.3. The van der Waals surface area contributed by atoms with Gasteiger partial charge in [0.15, 0.2) is 0 Å². The molecule has 0 aromatic heterocycles. The Morgan fingerprint density at radius 1 is 1.03 bits per heavy atom. The predicted octanol–water partition coefficient (Wildman–Crippen LogP) is 4.88. The van der Waals surface area contributed by atoms with Gasteiger partial charge in [0.1, 0.15) is 12.3 Å². The molecule has 31 heavy (non-hydrogen) atoms. The fourth-order valence-electron chi connectivity index (χ4n) is 3.00. The number of halogens is 1. The zero-order valence-corrected chi connectivity index (χ0v) is 18.8. The van der Waals surface area contributed by atoms with E-state index in [0.717, 1.165) is 9.87 Å². The lowest BCUT2D eigenvalue weighted by Crippen LogP contribution is -2.38. The van der Waals surface area contributed by atoms with Crippen molar-refractivity contribution in [3.05, 3.63) is 83.4 Å². The summed E-state index contributed by atoms with van der Waals surface area (Å²) in [5.41, 5.74) is 1.70. The Morgan fingerprint density at radius 2 is 1.71 bits per heavy atom. The monoisotopic (exact) mass is 458 g/mol. The van der Waals surface area contributed by atoms with Crippen LogP contribution in [0.25, 0.3) is 0 Å². The molecule has 3 aromatic carbocycles. The van der Waals surface area contributed by atoms with Crippen LogP contribution in [0.1, 0.15) is 12.5 Å². The summed E-state index contributed by atoms with van der Waals surface area (Å²) in [7, 11) is -3.97. The lowest BCUT2D eigenvalue weighted by molar-refractivity contribution is -0.114. The summed E-state index contributed by atoms with van der Waals surface area (Å²) in [5.74, 6) is 0.142. The van der Waals surface area contributed by atoms with Crippen LogP contribution < -0.4 is 14.4 Å². The number of nitrogens with one attached hydrogen (secondary N) is 1. The van der Waals surface area contributed by atoms with Gasteiger partial charge in [-0.15, -0.1) is 0 Å². The summed E-state index contributed by atoms with van der Waals surface area (Å²) in [5, 5.41) is 3.32. The Morgan fingerprint density at radius 3 is 2.32 bits per heavy atom. The average molecular weight is 459 g/mol. The molecule has 0 fully saturated rings. The van der Waals surface area contributed by atoms with E-state index >= 15 is 0 Å². The van der Waals surface area contributed by atoms with Gasteiger partial charge in [0.2, 0.25) is 5.91 Å². The number of hydrogen-bond donors (Lipinski definition) is 1. The number of benzene rings is 3. The SMILES string of the molecule is CCOc1ccc(N(CC(=O)Nc2ccc(Cl)cc2C)S(=O)(=O)c2ccccc2)cc1. The number of aryl methyl sites for hydroxylation is 1. The minimum absolute atomic E-state index is 0.0966. The van der Waals surface area contributed by atoms with Crippen LogP contribution in [0.2, 0.25) is 5.02 Å². The van der Waals surface area contributed by atoms with E-state index in [2.05, 4.69) is 5.32 Å². The highest BCUT2D eigenvalue weighted by Gasteiger charge is 2.27. The second kappa shape index (κ2) is 9.85. The van der Waals surface area contributed by atoms with Crippen LogP contribution in [0.3, 0.4) is 0 Å². The number of sulfonamides is 1. The van der Waals surface area contributed by atoms with E-state index < -0.39 is 22.5 Å². The van der Waals surface area contributed by atoms with Crippen LogP contribution in [0, 0.1) is 6.92 Å². The van der Waals surface area contributed by atoms with Gasteiger partial charge in [0.05, 0.1) is 17.2 Å². The first-order valence-corrected chi connectivity index (χ1v) is 11.5. The molecule has 3 aromatic rings. The van der Waals surface area contributed by atoms with Gasteiger partial charge < -0.3 is 10.1 Å². The van der Waals surface area contributed by atoms with Gasteiger partial charge in [0, 0.05) is 10.7 Å². The number of hydrogen-bond acceptors (Lipinski definition) is 4. The quantitative estimate of drug-likeness (QED) is 0.522. The highest BCUT2D eigenvalue weighted by Crippen LogP contribution is 2.26. The number of amides is 1. The van der Waals surface area contributed by atoms with Crippen LogP contribution in [-0.2, 0) is 14.8 Å². The van der Waals surface area contributed by atoms with Crippen LogP contribution in [0.5, 0.6) is 5.75 Å². The molecule has 0 radical (unpaired) electrons. The molecule has 0 spiro atoms. The predicted molar refractivity (Wildman–Crippen MR) is 123 cm³/mol. The lowest BCUT2D eigenvalue weighted by Gasteiger charge is -2.24. The van der Waals surface area contributed by atoms with Gasteiger partial charge in [-0.2, -0.15) is 0 Å². The Labute approximate surface area is 187 Å². The molecule has 0 aliphatic rings. The zero-order valence-electron chi connectivity index (χ0n) is 17.2. The third-order valence-electron chi connectivity index (χ3n) is 4.52. The molecule has 3 rings (SSSR count). The maximum Gasteiger partial charge on any atom is 0.264 e. The van der Waals surface area contributed by atoms with E-state index in [1.54, 1.807) is 60.7 Å². The fourth-order valence-corrected chi connectivity index (χ4v) is 4.67. The standard InChI is InChI=1S/C23H23ClN2O4S/c1-3-30-20-12-10-19(11-13-20)26(31(28,29)21-7-5-4-6-8-21)16-23(27)25-22-14-9-18(24)15-17(22)2/h4-15H,3,16H2,1-2H3,(H,25,27). The molecule has 0 saturated heterocycles. The molecule has 1 N–H and O–H groups in total. The van der Waals surface area contributed by atoms with Crippen molar-refractivity contribution in [2.45, 2.75) is 18.7 Å². The number of ether oxygens (including phenoxy) is 1. The number of carbonyl (C=O) groups excluding carboxylic acids is 1. The number of carbonyl (C=O) groups is 1.